The van der Waals surface area contributed by atoms with E-state index in [0.29, 0.717) is 15.6 Å². The Morgan fingerprint density at radius 1 is 1.23 bits per heavy atom. The van der Waals surface area contributed by atoms with Gasteiger partial charge in [0.1, 0.15) is 6.54 Å². The van der Waals surface area contributed by atoms with Crippen LogP contribution in [0, 0.1) is 11.7 Å². The Bertz CT molecular complexity index is 960. The molecule has 0 aliphatic carbocycles. The zero-order valence-corrected chi connectivity index (χ0v) is 16.1. The largest absolute Gasteiger partial charge is 0.348 e. The van der Waals surface area contributed by atoms with Crippen LogP contribution in [0.4, 0.5) is 0 Å². The number of aromatic amines is 1. The summed E-state index contributed by atoms with van der Waals surface area (Å²) in [6.45, 7) is 4.04. The predicted octanol–water partition coefficient (Wildman–Crippen LogP) is 4.45. The molecular formula is C19H19ClN4OS. The summed E-state index contributed by atoms with van der Waals surface area (Å²) in [4.78, 5) is 12.5. The van der Waals surface area contributed by atoms with Crippen molar-refractivity contribution in [3.8, 4) is 11.4 Å². The van der Waals surface area contributed by atoms with Gasteiger partial charge in [-0.3, -0.25) is 14.5 Å². The van der Waals surface area contributed by atoms with E-state index < -0.39 is 0 Å². The second kappa shape index (κ2) is 7.85. The summed E-state index contributed by atoms with van der Waals surface area (Å²) >= 11 is 11.2. The van der Waals surface area contributed by atoms with E-state index in [4.69, 9.17) is 23.8 Å². The van der Waals surface area contributed by atoms with E-state index in [1.165, 1.54) is 0 Å². The van der Waals surface area contributed by atoms with Gasteiger partial charge in [-0.05, 0) is 43.8 Å². The number of hydrogen-bond donors (Lipinski definition) is 2. The fourth-order valence-electron chi connectivity index (χ4n) is 2.65. The number of nitrogens with zero attached hydrogens (tertiary/aromatic N) is 2. The third-order valence-corrected chi connectivity index (χ3v) is 4.68. The third-order valence-electron chi connectivity index (χ3n) is 4.12. The van der Waals surface area contributed by atoms with Crippen molar-refractivity contribution in [2.24, 2.45) is 0 Å². The number of aromatic nitrogens is 3. The van der Waals surface area contributed by atoms with Gasteiger partial charge in [0.25, 0.3) is 0 Å². The summed E-state index contributed by atoms with van der Waals surface area (Å²) in [6, 6.07) is 15.2. The summed E-state index contributed by atoms with van der Waals surface area (Å²) in [7, 11) is 0. The van der Waals surface area contributed by atoms with E-state index in [1.807, 2.05) is 50.2 Å². The van der Waals surface area contributed by atoms with Gasteiger partial charge in [0.15, 0.2) is 10.6 Å². The molecule has 3 aromatic rings. The Labute approximate surface area is 162 Å². The molecule has 0 saturated carbocycles. The maximum absolute atomic E-state index is 12.5. The number of aryl methyl sites for hydroxylation is 1. The molecule has 1 heterocycles. The minimum absolute atomic E-state index is 0.0937. The van der Waals surface area contributed by atoms with Crippen LogP contribution in [0.15, 0.2) is 48.5 Å². The summed E-state index contributed by atoms with van der Waals surface area (Å²) in [6.07, 6.45) is 0. The van der Waals surface area contributed by atoms with E-state index in [1.54, 1.807) is 16.7 Å². The molecule has 7 heteroatoms. The van der Waals surface area contributed by atoms with Crippen LogP contribution in [0.1, 0.15) is 24.1 Å². The van der Waals surface area contributed by atoms with Gasteiger partial charge < -0.3 is 5.32 Å². The molecule has 0 spiro atoms. The molecule has 0 aliphatic rings. The molecule has 0 radical (unpaired) electrons. The van der Waals surface area contributed by atoms with Crippen LogP contribution in [0.2, 0.25) is 5.02 Å². The van der Waals surface area contributed by atoms with Crippen molar-refractivity contribution in [3.05, 3.63) is 69.5 Å². The standard InChI is InChI=1S/C19H19ClN4OS/c1-12-3-5-15(6-4-12)18-22-23-19(26)24(18)11-17(25)21-13(2)14-7-9-16(20)10-8-14/h3-10,13H,11H2,1-2H3,(H,21,25)(H,23,26). The van der Waals surface area contributed by atoms with Crippen molar-refractivity contribution in [3.63, 3.8) is 0 Å². The molecule has 0 bridgehead atoms. The summed E-state index contributed by atoms with van der Waals surface area (Å²) in [5.74, 6) is 0.502. The number of carbonyl (C=O) groups excluding carboxylic acids is 1. The molecule has 26 heavy (non-hydrogen) atoms. The van der Waals surface area contributed by atoms with E-state index in [2.05, 4.69) is 15.5 Å². The lowest BCUT2D eigenvalue weighted by atomic mass is 10.1. The second-order valence-corrected chi connectivity index (χ2v) is 6.97. The van der Waals surface area contributed by atoms with Gasteiger partial charge in [-0.15, -0.1) is 0 Å². The maximum Gasteiger partial charge on any atom is 0.240 e. The number of H-pyrrole nitrogens is 1. The van der Waals surface area contributed by atoms with Crippen molar-refractivity contribution in [1.82, 2.24) is 20.1 Å². The number of amides is 1. The van der Waals surface area contributed by atoms with E-state index in [-0.39, 0.29) is 18.5 Å². The minimum Gasteiger partial charge on any atom is -0.348 e. The first-order chi connectivity index (χ1) is 12.4. The highest BCUT2D eigenvalue weighted by molar-refractivity contribution is 7.71. The van der Waals surface area contributed by atoms with Crippen molar-refractivity contribution >= 4 is 29.7 Å². The quantitative estimate of drug-likeness (QED) is 0.637. The molecular weight excluding hydrogens is 368 g/mol. The van der Waals surface area contributed by atoms with Gasteiger partial charge in [-0.1, -0.05) is 53.6 Å². The topological polar surface area (TPSA) is 62.7 Å². The molecule has 3 rings (SSSR count). The molecule has 1 unspecified atom stereocenters. The summed E-state index contributed by atoms with van der Waals surface area (Å²) in [5, 5.41) is 10.7. The summed E-state index contributed by atoms with van der Waals surface area (Å²) < 4.78 is 2.11. The highest BCUT2D eigenvalue weighted by Crippen LogP contribution is 2.19. The van der Waals surface area contributed by atoms with Gasteiger partial charge in [-0.25, -0.2) is 0 Å². The molecule has 2 aromatic carbocycles. The van der Waals surface area contributed by atoms with E-state index in [9.17, 15) is 4.79 Å². The first kappa shape index (κ1) is 18.4. The van der Waals surface area contributed by atoms with E-state index in [0.717, 1.165) is 16.7 Å². The molecule has 0 saturated heterocycles. The van der Waals surface area contributed by atoms with Gasteiger partial charge in [0.2, 0.25) is 5.91 Å². The molecule has 0 fully saturated rings. The molecule has 134 valence electrons. The van der Waals surface area contributed by atoms with Crippen LogP contribution in [-0.2, 0) is 11.3 Å². The molecule has 1 amide bonds. The lowest BCUT2D eigenvalue weighted by Crippen LogP contribution is -2.30. The number of benzene rings is 2. The van der Waals surface area contributed by atoms with Crippen molar-refractivity contribution in [2.45, 2.75) is 26.4 Å². The van der Waals surface area contributed by atoms with Crippen molar-refractivity contribution in [2.75, 3.05) is 0 Å². The zero-order valence-electron chi connectivity index (χ0n) is 14.5. The highest BCUT2D eigenvalue weighted by Gasteiger charge is 2.14. The fraction of sp³-hybridized carbons (Fsp3) is 0.211. The fourth-order valence-corrected chi connectivity index (χ4v) is 2.98. The van der Waals surface area contributed by atoms with Crippen molar-refractivity contribution < 1.29 is 4.79 Å². The van der Waals surface area contributed by atoms with Crippen LogP contribution in [0.5, 0.6) is 0 Å². The minimum atomic E-state index is -0.140. The van der Waals surface area contributed by atoms with Crippen LogP contribution in [0.3, 0.4) is 0 Å². The second-order valence-electron chi connectivity index (χ2n) is 6.15. The van der Waals surface area contributed by atoms with Gasteiger partial charge in [0.05, 0.1) is 6.04 Å². The number of halogens is 1. The van der Waals surface area contributed by atoms with Crippen LogP contribution in [0.25, 0.3) is 11.4 Å². The number of rotatable bonds is 5. The average Bonchev–Trinajstić information content (AvgIpc) is 2.97. The maximum atomic E-state index is 12.5. The molecule has 5 nitrogen and oxygen atoms in total. The Morgan fingerprint density at radius 3 is 2.54 bits per heavy atom. The Hall–Kier alpha value is -2.44. The normalized spacial score (nSPS) is 12.0. The first-order valence-electron chi connectivity index (χ1n) is 8.21. The number of hydrogen-bond acceptors (Lipinski definition) is 3. The van der Waals surface area contributed by atoms with E-state index >= 15 is 0 Å². The zero-order chi connectivity index (χ0) is 18.7. The molecule has 0 aliphatic heterocycles. The van der Waals surface area contributed by atoms with Crippen molar-refractivity contribution in [1.29, 1.82) is 0 Å². The monoisotopic (exact) mass is 386 g/mol. The smallest absolute Gasteiger partial charge is 0.240 e. The number of nitrogens with one attached hydrogen (secondary N) is 2. The molecule has 2 N–H and O–H groups in total. The summed E-state index contributed by atoms with van der Waals surface area (Å²) in [5.41, 5.74) is 3.04. The van der Waals surface area contributed by atoms with Gasteiger partial charge in [-0.2, -0.15) is 5.10 Å². The lowest BCUT2D eigenvalue weighted by Gasteiger charge is -2.15. The van der Waals surface area contributed by atoms with Crippen LogP contribution in [-0.4, -0.2) is 20.7 Å². The third kappa shape index (κ3) is 4.20. The Kier molecular flexibility index (Phi) is 5.54. The molecule has 1 atom stereocenters. The van der Waals surface area contributed by atoms with Crippen LogP contribution < -0.4 is 5.32 Å². The molecule has 1 aromatic heterocycles. The average molecular weight is 387 g/mol. The first-order valence-corrected chi connectivity index (χ1v) is 9.00. The Balaban J connectivity index is 1.75. The predicted molar refractivity (Wildman–Crippen MR) is 106 cm³/mol. The van der Waals surface area contributed by atoms with Gasteiger partial charge >= 0.3 is 0 Å². The van der Waals surface area contributed by atoms with Crippen LogP contribution >= 0.6 is 23.8 Å². The lowest BCUT2D eigenvalue weighted by molar-refractivity contribution is -0.122. The SMILES string of the molecule is Cc1ccc(-c2n[nH]c(=S)n2CC(=O)NC(C)c2ccc(Cl)cc2)cc1. The highest BCUT2D eigenvalue weighted by atomic mass is 35.5. The van der Waals surface area contributed by atoms with Gasteiger partial charge in [0, 0.05) is 10.6 Å². The number of carbonyl (C=O) groups is 1. The Morgan fingerprint density at radius 2 is 1.88 bits per heavy atom.